The van der Waals surface area contributed by atoms with Gasteiger partial charge in [0.15, 0.2) is 0 Å². The van der Waals surface area contributed by atoms with Gasteiger partial charge in [-0.15, -0.1) is 4.83 Å². The number of sulfonamides is 1. The van der Waals surface area contributed by atoms with Crippen LogP contribution in [0.15, 0.2) is 47.4 Å². The summed E-state index contributed by atoms with van der Waals surface area (Å²) in [5, 5.41) is 0.571. The minimum atomic E-state index is -3.71. The first-order valence-electron chi connectivity index (χ1n) is 10.8. The molecule has 1 aliphatic rings. The molecule has 1 saturated heterocycles. The fraction of sp³-hybridized carbons (Fsp3) is 0.435. The number of anilines is 1. The second-order valence-electron chi connectivity index (χ2n) is 8.93. The number of carbonyl (C=O) groups is 1. The number of ether oxygens (including phenoxy) is 1. The number of rotatable bonds is 6. The number of amides is 1. The third kappa shape index (κ3) is 6.60. The molecule has 8 nitrogen and oxygen atoms in total. The van der Waals surface area contributed by atoms with Crippen molar-refractivity contribution < 1.29 is 17.9 Å². The fourth-order valence-electron chi connectivity index (χ4n) is 3.64. The van der Waals surface area contributed by atoms with E-state index in [0.717, 1.165) is 11.3 Å². The van der Waals surface area contributed by atoms with Crippen molar-refractivity contribution in [2.24, 2.45) is 0 Å². The molecule has 0 aromatic heterocycles. The second-order valence-corrected chi connectivity index (χ2v) is 11.0. The highest BCUT2D eigenvalue weighted by Crippen LogP contribution is 2.31. The lowest BCUT2D eigenvalue weighted by Gasteiger charge is -2.38. The predicted molar refractivity (Wildman–Crippen MR) is 130 cm³/mol. The first-order chi connectivity index (χ1) is 15.5. The minimum Gasteiger partial charge on any atom is -0.444 e. The molecule has 1 aliphatic heterocycles. The van der Waals surface area contributed by atoms with Crippen molar-refractivity contribution in [2.45, 2.75) is 44.7 Å². The smallest absolute Gasteiger partial charge is 0.410 e. The van der Waals surface area contributed by atoms with Crippen LogP contribution in [-0.2, 0) is 21.3 Å². The van der Waals surface area contributed by atoms with Gasteiger partial charge < -0.3 is 14.5 Å². The molecule has 1 amide bonds. The van der Waals surface area contributed by atoms with Gasteiger partial charge in [-0.1, -0.05) is 41.9 Å². The van der Waals surface area contributed by atoms with E-state index >= 15 is 0 Å². The maximum atomic E-state index is 12.6. The number of hydrazine groups is 1. The molecule has 180 valence electrons. The minimum absolute atomic E-state index is 0.224. The van der Waals surface area contributed by atoms with Crippen LogP contribution in [0.1, 0.15) is 31.9 Å². The first kappa shape index (κ1) is 25.3. The standard InChI is InChI=1S/C23H31ClN4O4S/c1-17-8-5-6-11-20(17)33(30,31)26-25-16-18-9-7-10-19(24)21(18)27-12-14-28(15-13-27)22(29)32-23(2,3)4/h5-11,25-26H,12-16H2,1-4H3. The Bertz CT molecular complexity index is 1090. The van der Waals surface area contributed by atoms with E-state index in [4.69, 9.17) is 16.3 Å². The number of benzene rings is 2. The van der Waals surface area contributed by atoms with Gasteiger partial charge in [0.1, 0.15) is 5.60 Å². The maximum absolute atomic E-state index is 12.6. The Morgan fingerprint density at radius 3 is 2.36 bits per heavy atom. The molecule has 10 heteroatoms. The van der Waals surface area contributed by atoms with Crippen LogP contribution in [0.3, 0.4) is 0 Å². The van der Waals surface area contributed by atoms with E-state index < -0.39 is 15.6 Å². The molecule has 1 fully saturated rings. The van der Waals surface area contributed by atoms with E-state index in [1.165, 1.54) is 0 Å². The van der Waals surface area contributed by atoms with Gasteiger partial charge in [0.2, 0.25) is 0 Å². The summed E-state index contributed by atoms with van der Waals surface area (Å²) in [6.45, 7) is 9.72. The summed E-state index contributed by atoms with van der Waals surface area (Å²) in [4.78, 5) is 18.8. The van der Waals surface area contributed by atoms with Crippen molar-refractivity contribution in [1.29, 1.82) is 0 Å². The Balaban J connectivity index is 1.65. The molecular formula is C23H31ClN4O4S. The summed E-state index contributed by atoms with van der Waals surface area (Å²) < 4.78 is 30.7. The molecule has 0 radical (unpaired) electrons. The van der Waals surface area contributed by atoms with Crippen LogP contribution in [0, 0.1) is 6.92 Å². The molecule has 0 atom stereocenters. The molecule has 0 unspecified atom stereocenters. The molecule has 2 N–H and O–H groups in total. The van der Waals surface area contributed by atoms with Crippen molar-refractivity contribution in [1.82, 2.24) is 15.2 Å². The monoisotopic (exact) mass is 494 g/mol. The summed E-state index contributed by atoms with van der Waals surface area (Å²) in [6, 6.07) is 12.3. The highest BCUT2D eigenvalue weighted by atomic mass is 35.5. The van der Waals surface area contributed by atoms with E-state index in [0.29, 0.717) is 36.8 Å². The lowest BCUT2D eigenvalue weighted by molar-refractivity contribution is 0.0240. The van der Waals surface area contributed by atoms with Crippen LogP contribution in [0.4, 0.5) is 10.5 Å². The Kier molecular flexibility index (Phi) is 7.89. The Labute approximate surface area is 200 Å². The molecule has 0 spiro atoms. The van der Waals surface area contributed by atoms with E-state index in [-0.39, 0.29) is 17.5 Å². The van der Waals surface area contributed by atoms with Crippen molar-refractivity contribution in [3.63, 3.8) is 0 Å². The van der Waals surface area contributed by atoms with E-state index in [1.54, 1.807) is 42.2 Å². The van der Waals surface area contributed by atoms with Crippen LogP contribution in [0.2, 0.25) is 5.02 Å². The lowest BCUT2D eigenvalue weighted by Crippen LogP contribution is -2.50. The Morgan fingerprint density at radius 1 is 1.06 bits per heavy atom. The van der Waals surface area contributed by atoms with Crippen molar-refractivity contribution in [2.75, 3.05) is 31.1 Å². The number of nitrogens with one attached hydrogen (secondary N) is 2. The number of nitrogens with zero attached hydrogens (tertiary/aromatic N) is 2. The third-order valence-corrected chi connectivity index (χ3v) is 6.94. The van der Waals surface area contributed by atoms with Crippen molar-refractivity contribution in [3.05, 3.63) is 58.6 Å². The number of halogens is 1. The molecule has 3 rings (SSSR count). The van der Waals surface area contributed by atoms with Crippen molar-refractivity contribution in [3.8, 4) is 0 Å². The average Bonchev–Trinajstić information content (AvgIpc) is 2.73. The summed E-state index contributed by atoms with van der Waals surface area (Å²) >= 11 is 6.52. The fourth-order valence-corrected chi connectivity index (χ4v) is 5.07. The Morgan fingerprint density at radius 2 is 1.73 bits per heavy atom. The molecule has 1 heterocycles. The van der Waals surface area contributed by atoms with Crippen LogP contribution < -0.4 is 15.2 Å². The number of aryl methyl sites for hydroxylation is 1. The van der Waals surface area contributed by atoms with Gasteiger partial charge in [-0.2, -0.15) is 0 Å². The SMILES string of the molecule is Cc1ccccc1S(=O)(=O)NNCc1cccc(Cl)c1N1CCN(C(=O)OC(C)(C)C)CC1. The molecule has 0 saturated carbocycles. The molecule has 33 heavy (non-hydrogen) atoms. The highest BCUT2D eigenvalue weighted by molar-refractivity contribution is 7.89. The van der Waals surface area contributed by atoms with E-state index in [1.807, 2.05) is 32.9 Å². The molecule has 2 aromatic carbocycles. The predicted octanol–water partition coefficient (Wildman–Crippen LogP) is 3.69. The van der Waals surface area contributed by atoms with Crippen LogP contribution in [0.5, 0.6) is 0 Å². The van der Waals surface area contributed by atoms with E-state index in [2.05, 4.69) is 15.2 Å². The topological polar surface area (TPSA) is 91.0 Å². The van der Waals surface area contributed by atoms with Crippen LogP contribution in [-0.4, -0.2) is 51.2 Å². The summed E-state index contributed by atoms with van der Waals surface area (Å²) in [7, 11) is -3.71. The van der Waals surface area contributed by atoms with Gasteiger partial charge in [0.05, 0.1) is 15.6 Å². The zero-order chi connectivity index (χ0) is 24.2. The highest BCUT2D eigenvalue weighted by Gasteiger charge is 2.27. The van der Waals surface area contributed by atoms with E-state index in [9.17, 15) is 13.2 Å². The lowest BCUT2D eigenvalue weighted by atomic mass is 10.1. The maximum Gasteiger partial charge on any atom is 0.410 e. The average molecular weight is 495 g/mol. The summed E-state index contributed by atoms with van der Waals surface area (Å²) in [5.41, 5.74) is 4.62. The molecular weight excluding hydrogens is 464 g/mol. The Hall–Kier alpha value is -2.33. The molecule has 2 aromatic rings. The van der Waals surface area contributed by atoms with Gasteiger partial charge >= 0.3 is 6.09 Å². The molecule has 0 aliphatic carbocycles. The normalized spacial score (nSPS) is 14.9. The largest absolute Gasteiger partial charge is 0.444 e. The number of hydrogen-bond donors (Lipinski definition) is 2. The number of para-hydroxylation sites is 1. The van der Waals surface area contributed by atoms with Crippen LogP contribution in [0.25, 0.3) is 0 Å². The first-order valence-corrected chi connectivity index (χ1v) is 12.6. The van der Waals surface area contributed by atoms with Gasteiger partial charge in [-0.05, 0) is 51.0 Å². The zero-order valence-corrected chi connectivity index (χ0v) is 21.0. The second kappa shape index (κ2) is 10.3. The number of carbonyl (C=O) groups excluding carboxylic acids is 1. The van der Waals surface area contributed by atoms with Gasteiger partial charge in [-0.3, -0.25) is 0 Å². The summed E-state index contributed by atoms with van der Waals surface area (Å²) in [5.74, 6) is 0. The summed E-state index contributed by atoms with van der Waals surface area (Å²) in [6.07, 6.45) is -0.325. The number of piperazine rings is 1. The number of hydrogen-bond acceptors (Lipinski definition) is 6. The van der Waals surface area contributed by atoms with Crippen LogP contribution >= 0.6 is 11.6 Å². The quantitative estimate of drug-likeness (QED) is 0.595. The van der Waals surface area contributed by atoms with Gasteiger partial charge in [0.25, 0.3) is 10.0 Å². The van der Waals surface area contributed by atoms with Crippen molar-refractivity contribution >= 4 is 33.4 Å². The van der Waals surface area contributed by atoms with Gasteiger partial charge in [-0.25, -0.2) is 18.6 Å². The van der Waals surface area contributed by atoms with Gasteiger partial charge in [0, 0.05) is 32.7 Å². The molecule has 0 bridgehead atoms. The third-order valence-electron chi connectivity index (χ3n) is 5.19. The zero-order valence-electron chi connectivity index (χ0n) is 19.4.